The molecule has 0 unspecified atom stereocenters. The average Bonchev–Trinajstić information content (AvgIpc) is 3.12. The summed E-state index contributed by atoms with van der Waals surface area (Å²) in [7, 11) is 1.75. The van der Waals surface area contributed by atoms with Gasteiger partial charge in [-0.15, -0.1) is 0 Å². The Kier molecular flexibility index (Phi) is 5.36. The monoisotopic (exact) mass is 420 g/mol. The highest BCUT2D eigenvalue weighted by Crippen LogP contribution is 2.43. The van der Waals surface area contributed by atoms with E-state index in [0.717, 1.165) is 67.8 Å². The smallest absolute Gasteiger partial charge is 0.354 e. The van der Waals surface area contributed by atoms with Crippen LogP contribution in [-0.4, -0.2) is 52.6 Å². The first-order valence-electron chi connectivity index (χ1n) is 11.1. The van der Waals surface area contributed by atoms with Gasteiger partial charge < -0.3 is 14.7 Å². The first-order valence-corrected chi connectivity index (χ1v) is 11.1. The zero-order chi connectivity index (χ0) is 21.4. The molecular formula is C24H28N4O3. The Morgan fingerprint density at radius 3 is 2.52 bits per heavy atom. The second-order valence-electron chi connectivity index (χ2n) is 8.68. The third kappa shape index (κ3) is 3.67. The van der Waals surface area contributed by atoms with Crippen molar-refractivity contribution in [2.75, 3.05) is 31.7 Å². The van der Waals surface area contributed by atoms with Crippen LogP contribution in [-0.2, 0) is 4.74 Å². The van der Waals surface area contributed by atoms with Crippen LogP contribution in [0.15, 0.2) is 36.4 Å². The molecular weight excluding hydrogens is 392 g/mol. The van der Waals surface area contributed by atoms with Crippen LogP contribution in [0.3, 0.4) is 0 Å². The van der Waals surface area contributed by atoms with E-state index in [1.54, 1.807) is 13.2 Å². The largest absolute Gasteiger partial charge is 0.477 e. The number of para-hydroxylation sites is 1. The van der Waals surface area contributed by atoms with Crippen LogP contribution in [0.25, 0.3) is 16.7 Å². The maximum Gasteiger partial charge on any atom is 0.354 e. The fourth-order valence-electron chi connectivity index (χ4n) is 4.77. The molecule has 1 saturated heterocycles. The highest BCUT2D eigenvalue weighted by atomic mass is 16.5. The van der Waals surface area contributed by atoms with Gasteiger partial charge in [0.25, 0.3) is 0 Å². The van der Waals surface area contributed by atoms with Crippen molar-refractivity contribution < 1.29 is 14.6 Å². The molecule has 0 spiro atoms. The minimum absolute atomic E-state index is 0.0683. The van der Waals surface area contributed by atoms with Crippen molar-refractivity contribution in [2.24, 2.45) is 5.92 Å². The normalized spacial score (nSPS) is 17.8. The van der Waals surface area contributed by atoms with Crippen molar-refractivity contribution in [3.05, 3.63) is 47.8 Å². The quantitative estimate of drug-likeness (QED) is 0.642. The maximum atomic E-state index is 11.9. The number of aromatic nitrogens is 3. The number of fused-ring (bicyclic) bond motifs is 1. The minimum Gasteiger partial charge on any atom is -0.477 e. The van der Waals surface area contributed by atoms with E-state index in [0.29, 0.717) is 17.5 Å². The third-order valence-electron chi connectivity index (χ3n) is 6.71. The molecule has 3 heterocycles. The number of rotatable bonds is 6. The van der Waals surface area contributed by atoms with Crippen molar-refractivity contribution in [3.63, 3.8) is 0 Å². The first kappa shape index (κ1) is 20.0. The molecule has 1 saturated carbocycles. The van der Waals surface area contributed by atoms with Crippen LogP contribution < -0.4 is 4.90 Å². The van der Waals surface area contributed by atoms with Gasteiger partial charge in [-0.25, -0.2) is 14.5 Å². The Morgan fingerprint density at radius 2 is 1.90 bits per heavy atom. The number of hydrogen-bond donors (Lipinski definition) is 1. The molecule has 0 radical (unpaired) electrons. The van der Waals surface area contributed by atoms with Crippen LogP contribution in [0, 0.1) is 5.92 Å². The molecule has 7 nitrogen and oxygen atoms in total. The van der Waals surface area contributed by atoms with E-state index in [9.17, 15) is 9.90 Å². The van der Waals surface area contributed by atoms with Crippen LogP contribution >= 0.6 is 0 Å². The summed E-state index contributed by atoms with van der Waals surface area (Å²) in [5.74, 6) is -0.0474. The maximum absolute atomic E-state index is 11.9. The number of carbonyl (C=O) groups is 1. The van der Waals surface area contributed by atoms with E-state index in [1.807, 2.05) is 35.0 Å². The predicted octanol–water partition coefficient (Wildman–Crippen LogP) is 4.25. The number of piperidine rings is 1. The second kappa shape index (κ2) is 8.30. The number of ether oxygens (including phenoxy) is 1. The Hall–Kier alpha value is -2.93. The molecule has 3 aromatic rings. The number of anilines is 1. The third-order valence-corrected chi connectivity index (χ3v) is 6.71. The number of carboxylic acids is 1. The highest BCUT2D eigenvalue weighted by Gasteiger charge is 2.31. The number of nitrogens with zero attached hydrogens (tertiary/aromatic N) is 4. The van der Waals surface area contributed by atoms with Crippen LogP contribution in [0.2, 0.25) is 0 Å². The predicted molar refractivity (Wildman–Crippen MR) is 119 cm³/mol. The highest BCUT2D eigenvalue weighted by molar-refractivity contribution is 5.98. The SMILES string of the molecule is COCC1CCN(c2cc(C(=O)O)nc3c2c(C2CCC2)nn3-c2ccccc2)CC1. The van der Waals surface area contributed by atoms with E-state index < -0.39 is 5.97 Å². The first-order chi connectivity index (χ1) is 15.2. The Morgan fingerprint density at radius 1 is 1.16 bits per heavy atom. The van der Waals surface area contributed by atoms with Gasteiger partial charge in [0.1, 0.15) is 0 Å². The van der Waals surface area contributed by atoms with Crippen molar-refractivity contribution in [2.45, 2.75) is 38.0 Å². The summed E-state index contributed by atoms with van der Waals surface area (Å²) < 4.78 is 7.18. The average molecular weight is 421 g/mol. The standard InChI is InChI=1S/C24H28N4O3/c1-31-15-16-10-12-27(13-11-16)20-14-19(24(29)30)25-23-21(20)22(17-6-5-7-17)26-28(23)18-8-3-2-4-9-18/h2-4,8-9,14,16-17H,5-7,10-13,15H2,1H3,(H,29,30). The molecule has 1 aliphatic carbocycles. The Bertz CT molecular complexity index is 1080. The zero-order valence-electron chi connectivity index (χ0n) is 17.8. The molecule has 162 valence electrons. The number of hydrogen-bond acceptors (Lipinski definition) is 5. The second-order valence-corrected chi connectivity index (χ2v) is 8.68. The molecule has 0 atom stereocenters. The van der Waals surface area contributed by atoms with E-state index in [2.05, 4.69) is 9.88 Å². The van der Waals surface area contributed by atoms with E-state index >= 15 is 0 Å². The van der Waals surface area contributed by atoms with Gasteiger partial charge in [0.15, 0.2) is 11.3 Å². The lowest BCUT2D eigenvalue weighted by Gasteiger charge is -2.34. The summed E-state index contributed by atoms with van der Waals surface area (Å²) in [6.07, 6.45) is 5.52. The van der Waals surface area contributed by atoms with Gasteiger partial charge in [-0.1, -0.05) is 24.6 Å². The number of pyridine rings is 1. The molecule has 0 amide bonds. The number of methoxy groups -OCH3 is 1. The lowest BCUT2D eigenvalue weighted by atomic mass is 9.82. The Balaban J connectivity index is 1.67. The van der Waals surface area contributed by atoms with Crippen LogP contribution in [0.1, 0.15) is 54.2 Å². The van der Waals surface area contributed by atoms with Crippen LogP contribution in [0.5, 0.6) is 0 Å². The molecule has 5 rings (SSSR count). The molecule has 7 heteroatoms. The van der Waals surface area contributed by atoms with Gasteiger partial charge in [-0.3, -0.25) is 0 Å². The summed E-state index contributed by atoms with van der Waals surface area (Å²) in [6, 6.07) is 11.6. The van der Waals surface area contributed by atoms with Gasteiger partial charge in [-0.05, 0) is 49.8 Å². The lowest BCUT2D eigenvalue weighted by molar-refractivity contribution is 0.0691. The van der Waals surface area contributed by atoms with Gasteiger partial charge in [0.05, 0.1) is 22.5 Å². The van der Waals surface area contributed by atoms with Crippen molar-refractivity contribution in [1.82, 2.24) is 14.8 Å². The zero-order valence-corrected chi connectivity index (χ0v) is 17.8. The van der Waals surface area contributed by atoms with E-state index in [1.165, 1.54) is 6.42 Å². The molecule has 1 aromatic carbocycles. The molecule has 2 fully saturated rings. The van der Waals surface area contributed by atoms with Gasteiger partial charge >= 0.3 is 5.97 Å². The van der Waals surface area contributed by atoms with Gasteiger partial charge in [0.2, 0.25) is 0 Å². The van der Waals surface area contributed by atoms with Gasteiger partial charge in [-0.2, -0.15) is 5.10 Å². The lowest BCUT2D eigenvalue weighted by Crippen LogP contribution is -2.35. The Labute approximate surface area is 181 Å². The number of benzene rings is 1. The molecule has 0 bridgehead atoms. The molecule has 2 aliphatic rings. The van der Waals surface area contributed by atoms with E-state index in [4.69, 9.17) is 9.84 Å². The molecule has 1 N–H and O–H groups in total. The molecule has 2 aromatic heterocycles. The summed E-state index contributed by atoms with van der Waals surface area (Å²) in [5.41, 5.74) is 3.63. The molecule has 31 heavy (non-hydrogen) atoms. The molecule has 1 aliphatic heterocycles. The van der Waals surface area contributed by atoms with Crippen molar-refractivity contribution in [1.29, 1.82) is 0 Å². The minimum atomic E-state index is -1.01. The summed E-state index contributed by atoms with van der Waals surface area (Å²) in [6.45, 7) is 2.54. The van der Waals surface area contributed by atoms with Crippen LogP contribution in [0.4, 0.5) is 5.69 Å². The summed E-state index contributed by atoms with van der Waals surface area (Å²) in [5, 5.41) is 15.8. The fraction of sp³-hybridized carbons (Fsp3) is 0.458. The van der Waals surface area contributed by atoms with E-state index in [-0.39, 0.29) is 5.69 Å². The van der Waals surface area contributed by atoms with Gasteiger partial charge in [0, 0.05) is 32.7 Å². The number of aromatic carboxylic acids is 1. The topological polar surface area (TPSA) is 80.5 Å². The summed E-state index contributed by atoms with van der Waals surface area (Å²) in [4.78, 5) is 18.8. The van der Waals surface area contributed by atoms with Crippen molar-refractivity contribution >= 4 is 22.7 Å². The number of carboxylic acid groups (broad SMARTS) is 1. The fourth-order valence-corrected chi connectivity index (χ4v) is 4.77. The van der Waals surface area contributed by atoms with Crippen molar-refractivity contribution in [3.8, 4) is 5.69 Å². The summed E-state index contributed by atoms with van der Waals surface area (Å²) >= 11 is 0.